The molecule has 0 aliphatic rings. The van der Waals surface area contributed by atoms with E-state index in [0.717, 1.165) is 6.54 Å². The van der Waals surface area contributed by atoms with Gasteiger partial charge in [-0.25, -0.2) is 0 Å². The quantitative estimate of drug-likeness (QED) is 0.656. The number of unbranched alkanes of at least 4 members (excludes halogenated alkanes) is 2. The molecule has 0 amide bonds. The molecule has 1 heteroatoms. The molecule has 0 unspecified atom stereocenters. The first-order chi connectivity index (χ1) is 5.93. The zero-order chi connectivity index (χ0) is 8.65. The van der Waals surface area contributed by atoms with Gasteiger partial charge in [-0.3, -0.25) is 0 Å². The first-order valence-corrected chi connectivity index (χ1v) is 4.63. The van der Waals surface area contributed by atoms with E-state index in [9.17, 15) is 0 Å². The van der Waals surface area contributed by atoms with Gasteiger partial charge < -0.3 is 5.32 Å². The normalized spacial score (nSPS) is 9.75. The van der Waals surface area contributed by atoms with Crippen molar-refractivity contribution in [3.05, 3.63) is 30.3 Å². The summed E-state index contributed by atoms with van der Waals surface area (Å²) in [6.45, 7) is 3.29. The van der Waals surface area contributed by atoms with E-state index >= 15 is 0 Å². The first kappa shape index (κ1) is 9.11. The van der Waals surface area contributed by atoms with Gasteiger partial charge in [0.15, 0.2) is 0 Å². The molecular formula is C11H16N. The summed E-state index contributed by atoms with van der Waals surface area (Å²) >= 11 is 0. The molecule has 1 nitrogen and oxygen atoms in total. The smallest absolute Gasteiger partial charge is 0.0346 e. The van der Waals surface area contributed by atoms with Gasteiger partial charge in [-0.05, 0) is 24.6 Å². The van der Waals surface area contributed by atoms with Crippen LogP contribution in [-0.2, 0) is 0 Å². The number of benzene rings is 1. The molecule has 0 saturated heterocycles. The largest absolute Gasteiger partial charge is 0.385 e. The number of nitrogens with one attached hydrogen (secondary N) is 1. The highest BCUT2D eigenvalue weighted by atomic mass is 14.9. The van der Waals surface area contributed by atoms with Crippen LogP contribution in [0.3, 0.4) is 0 Å². The summed E-state index contributed by atoms with van der Waals surface area (Å²) in [4.78, 5) is 0. The Labute approximate surface area is 74.8 Å². The summed E-state index contributed by atoms with van der Waals surface area (Å²) in [5.74, 6) is 0. The molecule has 1 N–H and O–H groups in total. The average Bonchev–Trinajstić information content (AvgIpc) is 2.14. The van der Waals surface area contributed by atoms with Crippen LogP contribution in [0.1, 0.15) is 26.2 Å². The second-order valence-electron chi connectivity index (χ2n) is 2.93. The highest BCUT2D eigenvalue weighted by Crippen LogP contribution is 2.04. The number of anilines is 1. The predicted molar refractivity (Wildman–Crippen MR) is 53.3 cm³/mol. The van der Waals surface area contributed by atoms with Gasteiger partial charge in [0.25, 0.3) is 0 Å². The Hall–Kier alpha value is -0.980. The molecule has 1 radical (unpaired) electrons. The molecular weight excluding hydrogens is 146 g/mol. The average molecular weight is 162 g/mol. The molecule has 0 bridgehead atoms. The second kappa shape index (κ2) is 5.64. The lowest BCUT2D eigenvalue weighted by molar-refractivity contribution is 0.744. The van der Waals surface area contributed by atoms with Crippen molar-refractivity contribution in [3.8, 4) is 0 Å². The Morgan fingerprint density at radius 2 is 2.33 bits per heavy atom. The van der Waals surface area contributed by atoms with Crippen LogP contribution in [0, 0.1) is 6.07 Å². The maximum atomic E-state index is 3.35. The fourth-order valence-corrected chi connectivity index (χ4v) is 1.11. The standard InChI is InChI=1S/C11H16N/c1-2-3-7-10-12-11-8-5-4-6-9-11/h4-5,8-9,12H,2-3,7,10H2,1H3. The van der Waals surface area contributed by atoms with Crippen molar-refractivity contribution in [2.75, 3.05) is 11.9 Å². The molecule has 0 heterocycles. The third kappa shape index (κ3) is 3.42. The van der Waals surface area contributed by atoms with Crippen molar-refractivity contribution in [2.24, 2.45) is 0 Å². The Morgan fingerprint density at radius 3 is 3.00 bits per heavy atom. The minimum atomic E-state index is 1.08. The SMILES string of the molecule is CCCCCNc1c[c]ccc1. The Morgan fingerprint density at radius 1 is 1.42 bits per heavy atom. The third-order valence-electron chi connectivity index (χ3n) is 1.82. The van der Waals surface area contributed by atoms with Crippen LogP contribution in [-0.4, -0.2) is 6.54 Å². The summed E-state index contributed by atoms with van der Waals surface area (Å²) in [5, 5.41) is 3.35. The van der Waals surface area contributed by atoms with Gasteiger partial charge in [-0.15, -0.1) is 0 Å². The lowest BCUT2D eigenvalue weighted by Crippen LogP contribution is -2.00. The van der Waals surface area contributed by atoms with E-state index in [2.05, 4.69) is 24.4 Å². The Bertz CT molecular complexity index is 193. The molecule has 0 saturated carbocycles. The van der Waals surface area contributed by atoms with Crippen molar-refractivity contribution in [3.63, 3.8) is 0 Å². The Balaban J connectivity index is 2.16. The molecule has 65 valence electrons. The molecule has 0 aliphatic heterocycles. The van der Waals surface area contributed by atoms with E-state index in [4.69, 9.17) is 0 Å². The van der Waals surface area contributed by atoms with Crippen molar-refractivity contribution >= 4 is 5.69 Å². The van der Waals surface area contributed by atoms with Crippen LogP contribution in [0.2, 0.25) is 0 Å². The van der Waals surface area contributed by atoms with E-state index in [1.54, 1.807) is 0 Å². The third-order valence-corrected chi connectivity index (χ3v) is 1.82. The fourth-order valence-electron chi connectivity index (χ4n) is 1.11. The molecule has 1 rings (SSSR count). The zero-order valence-corrected chi connectivity index (χ0v) is 7.64. The summed E-state index contributed by atoms with van der Waals surface area (Å²) in [7, 11) is 0. The topological polar surface area (TPSA) is 12.0 Å². The van der Waals surface area contributed by atoms with Gasteiger partial charge in [0.1, 0.15) is 0 Å². The minimum absolute atomic E-state index is 1.08. The van der Waals surface area contributed by atoms with Gasteiger partial charge in [0, 0.05) is 12.2 Å². The van der Waals surface area contributed by atoms with Gasteiger partial charge in [-0.1, -0.05) is 31.9 Å². The summed E-state index contributed by atoms with van der Waals surface area (Å²) in [6.07, 6.45) is 3.84. The lowest BCUT2D eigenvalue weighted by Gasteiger charge is -2.04. The molecule has 1 aromatic carbocycles. The lowest BCUT2D eigenvalue weighted by atomic mass is 10.2. The zero-order valence-electron chi connectivity index (χ0n) is 7.64. The molecule has 0 aliphatic carbocycles. The molecule has 0 atom stereocenters. The Kier molecular flexibility index (Phi) is 4.28. The van der Waals surface area contributed by atoms with E-state index in [1.165, 1.54) is 24.9 Å². The van der Waals surface area contributed by atoms with Crippen LogP contribution in [0.25, 0.3) is 0 Å². The predicted octanol–water partition coefficient (Wildman–Crippen LogP) is 3.09. The van der Waals surface area contributed by atoms with Crippen LogP contribution < -0.4 is 5.32 Å². The van der Waals surface area contributed by atoms with Gasteiger partial charge in [0.2, 0.25) is 0 Å². The second-order valence-corrected chi connectivity index (χ2v) is 2.93. The van der Waals surface area contributed by atoms with E-state index < -0.39 is 0 Å². The monoisotopic (exact) mass is 162 g/mol. The van der Waals surface area contributed by atoms with Gasteiger partial charge in [-0.2, -0.15) is 0 Å². The summed E-state index contributed by atoms with van der Waals surface area (Å²) < 4.78 is 0. The van der Waals surface area contributed by atoms with Crippen molar-refractivity contribution in [1.29, 1.82) is 0 Å². The minimum Gasteiger partial charge on any atom is -0.385 e. The van der Waals surface area contributed by atoms with Gasteiger partial charge >= 0.3 is 0 Å². The summed E-state index contributed by atoms with van der Waals surface area (Å²) in [6, 6.07) is 11.0. The number of hydrogen-bond donors (Lipinski definition) is 1. The molecule has 12 heavy (non-hydrogen) atoms. The van der Waals surface area contributed by atoms with Crippen LogP contribution in [0.4, 0.5) is 5.69 Å². The number of rotatable bonds is 5. The van der Waals surface area contributed by atoms with E-state index in [1.807, 2.05) is 18.2 Å². The van der Waals surface area contributed by atoms with Crippen molar-refractivity contribution in [1.82, 2.24) is 0 Å². The van der Waals surface area contributed by atoms with Crippen LogP contribution in [0.5, 0.6) is 0 Å². The van der Waals surface area contributed by atoms with Crippen LogP contribution >= 0.6 is 0 Å². The molecule has 0 fully saturated rings. The molecule has 0 aromatic heterocycles. The molecule has 1 aromatic rings. The fraction of sp³-hybridized carbons (Fsp3) is 0.455. The highest BCUT2D eigenvalue weighted by Gasteiger charge is 1.88. The van der Waals surface area contributed by atoms with E-state index in [-0.39, 0.29) is 0 Å². The van der Waals surface area contributed by atoms with Crippen molar-refractivity contribution in [2.45, 2.75) is 26.2 Å². The molecule has 0 spiro atoms. The van der Waals surface area contributed by atoms with Crippen LogP contribution in [0.15, 0.2) is 24.3 Å². The number of hydrogen-bond acceptors (Lipinski definition) is 1. The van der Waals surface area contributed by atoms with Gasteiger partial charge in [0.05, 0.1) is 0 Å². The maximum Gasteiger partial charge on any atom is 0.0346 e. The first-order valence-electron chi connectivity index (χ1n) is 4.63. The summed E-state index contributed by atoms with van der Waals surface area (Å²) in [5.41, 5.74) is 1.17. The van der Waals surface area contributed by atoms with Crippen molar-refractivity contribution < 1.29 is 0 Å². The highest BCUT2D eigenvalue weighted by molar-refractivity contribution is 5.41. The van der Waals surface area contributed by atoms with E-state index in [0.29, 0.717) is 0 Å². The maximum absolute atomic E-state index is 3.35.